The summed E-state index contributed by atoms with van der Waals surface area (Å²) < 4.78 is 27.5. The second-order valence-electron chi connectivity index (χ2n) is 3.79. The highest BCUT2D eigenvalue weighted by atomic mass is 79.9. The molecule has 0 aliphatic heterocycles. The summed E-state index contributed by atoms with van der Waals surface area (Å²) in [5.41, 5.74) is 0.0626. The molecule has 1 heterocycles. The van der Waals surface area contributed by atoms with E-state index in [-0.39, 0.29) is 30.8 Å². The molecule has 1 aromatic carbocycles. The van der Waals surface area contributed by atoms with Crippen LogP contribution in [0.25, 0.3) is 0 Å². The molecule has 0 atom stereocenters. The fourth-order valence-corrected chi connectivity index (χ4v) is 4.20. The fourth-order valence-electron chi connectivity index (χ4n) is 1.38. The molecule has 2 aromatic rings. The standard InChI is InChI=1S/C11H5BrCl4N2O2S/c12-5-1-7(13)10(8(14)2-5)18-21(19,20)6-3-9(15)11(16)17-4-6/h1-4,18H. The van der Waals surface area contributed by atoms with Gasteiger partial charge in [0.05, 0.1) is 20.8 Å². The summed E-state index contributed by atoms with van der Waals surface area (Å²) >= 11 is 26.6. The van der Waals surface area contributed by atoms with Crippen molar-refractivity contribution in [3.8, 4) is 0 Å². The first-order chi connectivity index (χ1) is 9.70. The van der Waals surface area contributed by atoms with Gasteiger partial charge in [0, 0.05) is 10.7 Å². The number of aromatic nitrogens is 1. The van der Waals surface area contributed by atoms with Crippen LogP contribution < -0.4 is 4.72 Å². The number of nitrogens with zero attached hydrogens (tertiary/aromatic N) is 1. The minimum Gasteiger partial charge on any atom is -0.277 e. The number of sulfonamides is 1. The molecule has 112 valence electrons. The van der Waals surface area contributed by atoms with Crippen molar-refractivity contribution in [1.29, 1.82) is 0 Å². The van der Waals surface area contributed by atoms with E-state index in [9.17, 15) is 8.42 Å². The van der Waals surface area contributed by atoms with Crippen molar-refractivity contribution in [2.24, 2.45) is 0 Å². The van der Waals surface area contributed by atoms with Gasteiger partial charge in [0.2, 0.25) is 0 Å². The Balaban J connectivity index is 2.44. The lowest BCUT2D eigenvalue weighted by atomic mass is 10.3. The first-order valence-electron chi connectivity index (χ1n) is 5.19. The van der Waals surface area contributed by atoms with Gasteiger partial charge in [-0.05, 0) is 18.2 Å². The van der Waals surface area contributed by atoms with Crippen LogP contribution in [-0.2, 0) is 10.0 Å². The van der Waals surface area contributed by atoms with Crippen molar-refractivity contribution in [2.45, 2.75) is 4.90 Å². The largest absolute Gasteiger partial charge is 0.277 e. The van der Waals surface area contributed by atoms with Gasteiger partial charge in [-0.15, -0.1) is 0 Å². The molecule has 4 nitrogen and oxygen atoms in total. The minimum atomic E-state index is -3.95. The van der Waals surface area contributed by atoms with Crippen LogP contribution in [0.4, 0.5) is 5.69 Å². The van der Waals surface area contributed by atoms with Crippen LogP contribution in [0.15, 0.2) is 33.8 Å². The lowest BCUT2D eigenvalue weighted by molar-refractivity contribution is 0.601. The third kappa shape index (κ3) is 3.94. The highest BCUT2D eigenvalue weighted by Gasteiger charge is 2.20. The Labute approximate surface area is 149 Å². The van der Waals surface area contributed by atoms with Crippen LogP contribution >= 0.6 is 62.3 Å². The SMILES string of the molecule is O=S(=O)(Nc1c(Cl)cc(Br)cc1Cl)c1cnc(Cl)c(Cl)c1. The Morgan fingerprint density at radius 2 is 1.57 bits per heavy atom. The number of pyridine rings is 1. The van der Waals surface area contributed by atoms with Gasteiger partial charge in [0.1, 0.15) is 10.0 Å². The molecule has 0 fully saturated rings. The number of benzene rings is 1. The second-order valence-corrected chi connectivity index (χ2v) is 7.97. The van der Waals surface area contributed by atoms with E-state index in [0.717, 1.165) is 6.20 Å². The smallest absolute Gasteiger partial charge is 0.263 e. The van der Waals surface area contributed by atoms with Crippen LogP contribution in [0.5, 0.6) is 0 Å². The van der Waals surface area contributed by atoms with E-state index in [1.165, 1.54) is 18.2 Å². The van der Waals surface area contributed by atoms with Crippen LogP contribution in [0.1, 0.15) is 0 Å². The average molecular weight is 451 g/mol. The van der Waals surface area contributed by atoms with Crippen LogP contribution in [-0.4, -0.2) is 13.4 Å². The third-order valence-electron chi connectivity index (χ3n) is 2.32. The van der Waals surface area contributed by atoms with Crippen molar-refractivity contribution in [2.75, 3.05) is 4.72 Å². The van der Waals surface area contributed by atoms with Gasteiger partial charge in [-0.1, -0.05) is 62.3 Å². The molecule has 0 amide bonds. The molecule has 0 spiro atoms. The molecule has 0 aliphatic rings. The molecule has 0 aliphatic carbocycles. The number of hydrogen-bond donors (Lipinski definition) is 1. The van der Waals surface area contributed by atoms with Gasteiger partial charge in [-0.3, -0.25) is 4.72 Å². The molecule has 0 saturated carbocycles. The van der Waals surface area contributed by atoms with Gasteiger partial charge in [-0.25, -0.2) is 13.4 Å². The summed E-state index contributed by atoms with van der Waals surface area (Å²) in [7, 11) is -3.95. The van der Waals surface area contributed by atoms with E-state index in [4.69, 9.17) is 46.4 Å². The van der Waals surface area contributed by atoms with Crippen LogP contribution in [0.3, 0.4) is 0 Å². The van der Waals surface area contributed by atoms with Gasteiger partial charge in [-0.2, -0.15) is 0 Å². The zero-order valence-electron chi connectivity index (χ0n) is 9.87. The van der Waals surface area contributed by atoms with E-state index in [0.29, 0.717) is 4.47 Å². The topological polar surface area (TPSA) is 59.1 Å². The van der Waals surface area contributed by atoms with Gasteiger partial charge < -0.3 is 0 Å². The van der Waals surface area contributed by atoms with E-state index in [1.54, 1.807) is 0 Å². The Morgan fingerprint density at radius 1 is 1.00 bits per heavy atom. The van der Waals surface area contributed by atoms with E-state index in [2.05, 4.69) is 25.6 Å². The normalized spacial score (nSPS) is 11.5. The summed E-state index contributed by atoms with van der Waals surface area (Å²) in [4.78, 5) is 3.53. The van der Waals surface area contributed by atoms with Crippen molar-refractivity contribution < 1.29 is 8.42 Å². The maximum absolute atomic E-state index is 12.3. The maximum atomic E-state index is 12.3. The highest BCUT2D eigenvalue weighted by molar-refractivity contribution is 9.10. The number of halogens is 5. The predicted octanol–water partition coefficient (Wildman–Crippen LogP) is 5.26. The first kappa shape index (κ1) is 17.1. The Hall–Kier alpha value is -0.240. The molecule has 0 unspecified atom stereocenters. The minimum absolute atomic E-state index is 0.00956. The average Bonchev–Trinajstić information content (AvgIpc) is 2.37. The van der Waals surface area contributed by atoms with Gasteiger partial charge >= 0.3 is 0 Å². The van der Waals surface area contributed by atoms with Crippen molar-refractivity contribution >= 4 is 78.0 Å². The fraction of sp³-hybridized carbons (Fsp3) is 0. The number of nitrogens with one attached hydrogen (secondary N) is 1. The van der Waals surface area contributed by atoms with Crippen molar-refractivity contribution in [1.82, 2.24) is 4.98 Å². The number of rotatable bonds is 3. The van der Waals surface area contributed by atoms with E-state index < -0.39 is 10.0 Å². The van der Waals surface area contributed by atoms with Crippen molar-refractivity contribution in [3.63, 3.8) is 0 Å². The number of hydrogen-bond acceptors (Lipinski definition) is 3. The van der Waals surface area contributed by atoms with E-state index in [1.807, 2.05) is 0 Å². The molecular formula is C11H5BrCl4N2O2S. The Morgan fingerprint density at radius 3 is 2.10 bits per heavy atom. The molecule has 10 heteroatoms. The molecular weight excluding hydrogens is 446 g/mol. The summed E-state index contributed by atoms with van der Waals surface area (Å²) in [6.07, 6.45) is 1.08. The molecule has 1 aromatic heterocycles. The molecule has 0 bridgehead atoms. The molecule has 2 rings (SSSR count). The summed E-state index contributed by atoms with van der Waals surface area (Å²) in [5, 5.41) is 0.319. The highest BCUT2D eigenvalue weighted by Crippen LogP contribution is 2.35. The molecule has 0 radical (unpaired) electrons. The molecule has 1 N–H and O–H groups in total. The van der Waals surface area contributed by atoms with E-state index >= 15 is 0 Å². The van der Waals surface area contributed by atoms with Crippen molar-refractivity contribution in [3.05, 3.63) is 49.1 Å². The zero-order valence-corrected chi connectivity index (χ0v) is 15.3. The maximum Gasteiger partial charge on any atom is 0.263 e. The third-order valence-corrected chi connectivity index (χ3v) is 5.38. The Kier molecular flexibility index (Phi) is 5.28. The summed E-state index contributed by atoms with van der Waals surface area (Å²) in [6.45, 7) is 0. The Bertz CT molecular complexity index is 791. The quantitative estimate of drug-likeness (QED) is 0.649. The van der Waals surface area contributed by atoms with Gasteiger partial charge in [0.15, 0.2) is 0 Å². The lowest BCUT2D eigenvalue weighted by Crippen LogP contribution is -2.14. The molecule has 0 saturated heterocycles. The first-order valence-corrected chi connectivity index (χ1v) is 8.98. The van der Waals surface area contributed by atoms with Crippen LogP contribution in [0, 0.1) is 0 Å². The summed E-state index contributed by atoms with van der Waals surface area (Å²) in [6, 6.07) is 4.21. The number of anilines is 1. The monoisotopic (exact) mass is 448 g/mol. The second kappa shape index (κ2) is 6.48. The van der Waals surface area contributed by atoms with Gasteiger partial charge in [0.25, 0.3) is 10.0 Å². The van der Waals surface area contributed by atoms with Crippen LogP contribution in [0.2, 0.25) is 20.2 Å². The lowest BCUT2D eigenvalue weighted by Gasteiger charge is -2.12. The summed E-state index contributed by atoms with van der Waals surface area (Å²) in [5.74, 6) is 0. The zero-order chi connectivity index (χ0) is 15.8. The molecule has 21 heavy (non-hydrogen) atoms. The predicted molar refractivity (Wildman–Crippen MR) is 89.2 cm³/mol.